The zero-order valence-electron chi connectivity index (χ0n) is 13.5. The molecule has 1 amide bonds. The standard InChI is InChI=1S/C17H26N4O2/c22-15-6-2-1-5-14(15)19-17(23)13-20-9-11-21(12-10-20)16-7-3-4-8-18-16/h3-4,7-8,14-15,22H,1-2,5-6,9-13H2,(H,19,23). The summed E-state index contributed by atoms with van der Waals surface area (Å²) in [6.07, 6.45) is 5.26. The number of carbonyl (C=O) groups is 1. The van der Waals surface area contributed by atoms with Gasteiger partial charge < -0.3 is 15.3 Å². The van der Waals surface area contributed by atoms with Gasteiger partial charge in [-0.25, -0.2) is 4.98 Å². The summed E-state index contributed by atoms with van der Waals surface area (Å²) in [5.74, 6) is 1.03. The molecule has 0 bridgehead atoms. The minimum Gasteiger partial charge on any atom is -0.391 e. The number of hydrogen-bond acceptors (Lipinski definition) is 5. The number of carbonyl (C=O) groups excluding carboxylic acids is 1. The van der Waals surface area contributed by atoms with Crippen LogP contribution in [0.1, 0.15) is 25.7 Å². The predicted molar refractivity (Wildman–Crippen MR) is 89.3 cm³/mol. The number of rotatable bonds is 4. The molecule has 0 spiro atoms. The molecule has 3 rings (SSSR count). The van der Waals surface area contributed by atoms with Crippen LogP contribution in [0.4, 0.5) is 5.82 Å². The fraction of sp³-hybridized carbons (Fsp3) is 0.647. The molecule has 0 aromatic carbocycles. The Morgan fingerprint density at radius 2 is 2.00 bits per heavy atom. The van der Waals surface area contributed by atoms with E-state index in [-0.39, 0.29) is 18.1 Å². The van der Waals surface area contributed by atoms with E-state index < -0.39 is 0 Å². The summed E-state index contributed by atoms with van der Waals surface area (Å²) in [6.45, 7) is 3.90. The molecule has 126 valence electrons. The molecule has 6 nitrogen and oxygen atoms in total. The van der Waals surface area contributed by atoms with E-state index in [4.69, 9.17) is 0 Å². The lowest BCUT2D eigenvalue weighted by atomic mass is 9.92. The lowest BCUT2D eigenvalue weighted by Crippen LogP contribution is -2.52. The molecule has 1 saturated carbocycles. The van der Waals surface area contributed by atoms with Crippen LogP contribution in [0.3, 0.4) is 0 Å². The highest BCUT2D eigenvalue weighted by atomic mass is 16.3. The summed E-state index contributed by atoms with van der Waals surface area (Å²) in [5.41, 5.74) is 0. The summed E-state index contributed by atoms with van der Waals surface area (Å²) in [5, 5.41) is 12.9. The van der Waals surface area contributed by atoms with E-state index >= 15 is 0 Å². The second kappa shape index (κ2) is 7.75. The topological polar surface area (TPSA) is 68.7 Å². The number of aromatic nitrogens is 1. The number of piperazine rings is 1. The van der Waals surface area contributed by atoms with Crippen molar-refractivity contribution >= 4 is 11.7 Å². The monoisotopic (exact) mass is 318 g/mol. The zero-order valence-corrected chi connectivity index (χ0v) is 13.5. The number of anilines is 1. The van der Waals surface area contributed by atoms with E-state index in [0.717, 1.165) is 57.7 Å². The molecule has 2 heterocycles. The van der Waals surface area contributed by atoms with Crippen molar-refractivity contribution < 1.29 is 9.90 Å². The first-order valence-corrected chi connectivity index (χ1v) is 8.58. The highest BCUT2D eigenvalue weighted by Gasteiger charge is 2.26. The third-order valence-corrected chi connectivity index (χ3v) is 4.79. The predicted octanol–water partition coefficient (Wildman–Crippen LogP) is 0.623. The van der Waals surface area contributed by atoms with Crippen molar-refractivity contribution in [1.29, 1.82) is 0 Å². The van der Waals surface area contributed by atoms with E-state index in [1.165, 1.54) is 0 Å². The van der Waals surface area contributed by atoms with Crippen LogP contribution in [-0.2, 0) is 4.79 Å². The Morgan fingerprint density at radius 3 is 2.70 bits per heavy atom. The summed E-state index contributed by atoms with van der Waals surface area (Å²) in [4.78, 5) is 21.0. The molecule has 1 aliphatic carbocycles. The molecule has 2 aliphatic rings. The highest BCUT2D eigenvalue weighted by Crippen LogP contribution is 2.18. The first-order valence-electron chi connectivity index (χ1n) is 8.58. The molecule has 2 atom stereocenters. The van der Waals surface area contributed by atoms with E-state index in [2.05, 4.69) is 20.1 Å². The molecule has 1 aromatic rings. The third-order valence-electron chi connectivity index (χ3n) is 4.79. The van der Waals surface area contributed by atoms with E-state index in [0.29, 0.717) is 6.54 Å². The van der Waals surface area contributed by atoms with Crippen LogP contribution in [0.2, 0.25) is 0 Å². The summed E-state index contributed by atoms with van der Waals surface area (Å²) < 4.78 is 0. The third kappa shape index (κ3) is 4.42. The molecule has 6 heteroatoms. The molecule has 2 N–H and O–H groups in total. The van der Waals surface area contributed by atoms with Crippen molar-refractivity contribution in [1.82, 2.24) is 15.2 Å². The van der Waals surface area contributed by atoms with Gasteiger partial charge in [-0.3, -0.25) is 9.69 Å². The van der Waals surface area contributed by atoms with Crippen molar-refractivity contribution in [2.45, 2.75) is 37.8 Å². The Morgan fingerprint density at radius 1 is 1.22 bits per heavy atom. The molecule has 1 aliphatic heterocycles. The number of nitrogens with zero attached hydrogens (tertiary/aromatic N) is 3. The van der Waals surface area contributed by atoms with Gasteiger partial charge in [-0.05, 0) is 25.0 Å². The van der Waals surface area contributed by atoms with Crippen molar-refractivity contribution in [3.05, 3.63) is 24.4 Å². The van der Waals surface area contributed by atoms with Gasteiger partial charge in [0.05, 0.1) is 18.7 Å². The summed E-state index contributed by atoms with van der Waals surface area (Å²) in [7, 11) is 0. The Hall–Kier alpha value is -1.66. The Balaban J connectivity index is 1.42. The molecule has 1 saturated heterocycles. The van der Waals surface area contributed by atoms with Crippen LogP contribution >= 0.6 is 0 Å². The van der Waals surface area contributed by atoms with Crippen molar-refractivity contribution in [3.8, 4) is 0 Å². The lowest BCUT2D eigenvalue weighted by Gasteiger charge is -2.35. The van der Waals surface area contributed by atoms with Gasteiger partial charge in [0.15, 0.2) is 0 Å². The second-order valence-corrected chi connectivity index (χ2v) is 6.48. The van der Waals surface area contributed by atoms with Gasteiger partial charge >= 0.3 is 0 Å². The smallest absolute Gasteiger partial charge is 0.234 e. The fourth-order valence-corrected chi connectivity index (χ4v) is 3.41. The molecular formula is C17H26N4O2. The average Bonchev–Trinajstić information content (AvgIpc) is 2.58. The van der Waals surface area contributed by atoms with Crippen molar-refractivity contribution in [2.75, 3.05) is 37.6 Å². The van der Waals surface area contributed by atoms with Crippen LogP contribution in [-0.4, -0.2) is 65.8 Å². The van der Waals surface area contributed by atoms with Gasteiger partial charge in [0.1, 0.15) is 5.82 Å². The van der Waals surface area contributed by atoms with Crippen LogP contribution in [0, 0.1) is 0 Å². The zero-order chi connectivity index (χ0) is 16.1. The maximum Gasteiger partial charge on any atom is 0.234 e. The van der Waals surface area contributed by atoms with Gasteiger partial charge in [-0.2, -0.15) is 0 Å². The first-order chi connectivity index (χ1) is 11.2. The molecular weight excluding hydrogens is 292 g/mol. The largest absolute Gasteiger partial charge is 0.391 e. The molecule has 2 fully saturated rings. The number of aliphatic hydroxyl groups excluding tert-OH is 1. The minimum atomic E-state index is -0.381. The highest BCUT2D eigenvalue weighted by molar-refractivity contribution is 5.78. The van der Waals surface area contributed by atoms with E-state index in [1.807, 2.05) is 24.4 Å². The maximum absolute atomic E-state index is 12.2. The van der Waals surface area contributed by atoms with Crippen LogP contribution in [0.5, 0.6) is 0 Å². The molecule has 2 unspecified atom stereocenters. The number of aliphatic hydroxyl groups is 1. The first kappa shape index (κ1) is 16.2. The van der Waals surface area contributed by atoms with Crippen molar-refractivity contribution in [3.63, 3.8) is 0 Å². The number of hydrogen-bond donors (Lipinski definition) is 2. The molecule has 0 radical (unpaired) electrons. The van der Waals surface area contributed by atoms with Gasteiger partial charge in [-0.1, -0.05) is 18.9 Å². The van der Waals surface area contributed by atoms with Crippen LogP contribution in [0.25, 0.3) is 0 Å². The Bertz CT molecular complexity index is 503. The lowest BCUT2D eigenvalue weighted by molar-refractivity contribution is -0.124. The Kier molecular flexibility index (Phi) is 5.46. The van der Waals surface area contributed by atoms with Crippen LogP contribution < -0.4 is 10.2 Å². The summed E-state index contributed by atoms with van der Waals surface area (Å²) in [6, 6.07) is 5.87. The number of nitrogens with one attached hydrogen (secondary N) is 1. The van der Waals surface area contributed by atoms with E-state index in [1.54, 1.807) is 0 Å². The minimum absolute atomic E-state index is 0.0298. The Labute approximate surface area is 137 Å². The maximum atomic E-state index is 12.2. The van der Waals surface area contributed by atoms with Gasteiger partial charge in [0, 0.05) is 32.4 Å². The number of amides is 1. The van der Waals surface area contributed by atoms with Crippen molar-refractivity contribution in [2.24, 2.45) is 0 Å². The van der Waals surface area contributed by atoms with Gasteiger partial charge in [0.25, 0.3) is 0 Å². The molecule has 23 heavy (non-hydrogen) atoms. The molecule has 1 aromatic heterocycles. The van der Waals surface area contributed by atoms with Crippen LogP contribution in [0.15, 0.2) is 24.4 Å². The summed E-state index contributed by atoms with van der Waals surface area (Å²) >= 11 is 0. The normalized spacial score (nSPS) is 26.0. The quantitative estimate of drug-likeness (QED) is 0.852. The SMILES string of the molecule is O=C(CN1CCN(c2ccccn2)CC1)NC1CCCCC1O. The van der Waals surface area contributed by atoms with E-state index in [9.17, 15) is 9.90 Å². The number of pyridine rings is 1. The average molecular weight is 318 g/mol. The van der Waals surface area contributed by atoms with Gasteiger partial charge in [-0.15, -0.1) is 0 Å². The fourth-order valence-electron chi connectivity index (χ4n) is 3.41. The van der Waals surface area contributed by atoms with Gasteiger partial charge in [0.2, 0.25) is 5.91 Å². The second-order valence-electron chi connectivity index (χ2n) is 6.48.